The van der Waals surface area contributed by atoms with Crippen molar-refractivity contribution in [3.05, 3.63) is 89.3 Å². The minimum absolute atomic E-state index is 0.0210. The molecule has 0 spiro atoms. The summed E-state index contributed by atoms with van der Waals surface area (Å²) < 4.78 is 3.26. The SMILES string of the molecule is O=C(NCCc1nccn1Cc1ccccc1)c1cc2ccccc2s1. The second kappa shape index (κ2) is 7.54. The summed E-state index contributed by atoms with van der Waals surface area (Å²) in [7, 11) is 0. The Balaban J connectivity index is 1.36. The highest BCUT2D eigenvalue weighted by Crippen LogP contribution is 2.25. The molecule has 0 aliphatic carbocycles. The summed E-state index contributed by atoms with van der Waals surface area (Å²) in [6.45, 7) is 1.36. The summed E-state index contributed by atoms with van der Waals surface area (Å²) in [6.07, 6.45) is 4.50. The molecule has 0 saturated heterocycles. The third-order valence-electron chi connectivity index (χ3n) is 4.28. The van der Waals surface area contributed by atoms with E-state index in [9.17, 15) is 4.79 Å². The fourth-order valence-electron chi connectivity index (χ4n) is 2.96. The van der Waals surface area contributed by atoms with E-state index < -0.39 is 0 Å². The zero-order valence-corrected chi connectivity index (χ0v) is 15.1. The van der Waals surface area contributed by atoms with Gasteiger partial charge in [0, 0.05) is 36.6 Å². The molecule has 4 rings (SSSR count). The van der Waals surface area contributed by atoms with Crippen molar-refractivity contribution in [1.82, 2.24) is 14.9 Å². The van der Waals surface area contributed by atoms with Crippen LogP contribution in [0.25, 0.3) is 10.1 Å². The molecule has 0 saturated carbocycles. The van der Waals surface area contributed by atoms with Gasteiger partial charge in [-0.15, -0.1) is 11.3 Å². The first-order valence-corrected chi connectivity index (χ1v) is 9.42. The van der Waals surface area contributed by atoms with Crippen molar-refractivity contribution >= 4 is 27.3 Å². The first kappa shape index (κ1) is 16.5. The van der Waals surface area contributed by atoms with Gasteiger partial charge in [-0.3, -0.25) is 4.79 Å². The molecule has 4 aromatic rings. The number of fused-ring (bicyclic) bond motifs is 1. The summed E-state index contributed by atoms with van der Waals surface area (Å²) in [6, 6.07) is 20.3. The summed E-state index contributed by atoms with van der Waals surface area (Å²) in [5, 5.41) is 4.12. The van der Waals surface area contributed by atoms with Crippen molar-refractivity contribution in [1.29, 1.82) is 0 Å². The zero-order chi connectivity index (χ0) is 17.8. The summed E-state index contributed by atoms with van der Waals surface area (Å²) in [5.41, 5.74) is 1.24. The van der Waals surface area contributed by atoms with Crippen LogP contribution in [0.15, 0.2) is 73.1 Å². The molecule has 0 atom stereocenters. The molecular formula is C21H19N3OS. The minimum atomic E-state index is -0.0210. The topological polar surface area (TPSA) is 46.9 Å². The van der Waals surface area contributed by atoms with Crippen molar-refractivity contribution < 1.29 is 4.79 Å². The Morgan fingerprint density at radius 2 is 1.88 bits per heavy atom. The van der Waals surface area contributed by atoms with E-state index in [0.29, 0.717) is 13.0 Å². The van der Waals surface area contributed by atoms with E-state index in [2.05, 4.69) is 27.0 Å². The van der Waals surface area contributed by atoms with Crippen molar-refractivity contribution in [2.24, 2.45) is 0 Å². The van der Waals surface area contributed by atoms with Crippen LogP contribution in [0.5, 0.6) is 0 Å². The quantitative estimate of drug-likeness (QED) is 0.562. The lowest BCUT2D eigenvalue weighted by molar-refractivity contribution is 0.0958. The van der Waals surface area contributed by atoms with E-state index in [1.807, 2.05) is 60.9 Å². The number of nitrogens with zero attached hydrogens (tertiary/aromatic N) is 2. The van der Waals surface area contributed by atoms with Gasteiger partial charge < -0.3 is 9.88 Å². The lowest BCUT2D eigenvalue weighted by atomic mass is 10.2. The normalized spacial score (nSPS) is 10.9. The summed E-state index contributed by atoms with van der Waals surface area (Å²) >= 11 is 1.53. The molecule has 4 nitrogen and oxygen atoms in total. The predicted octanol–water partition coefficient (Wildman–Crippen LogP) is 4.12. The number of carbonyl (C=O) groups excluding carboxylic acids is 1. The van der Waals surface area contributed by atoms with E-state index in [-0.39, 0.29) is 5.91 Å². The standard InChI is InChI=1S/C21H19N3OS/c25-21(19-14-17-8-4-5-9-18(17)26-19)23-11-10-20-22-12-13-24(20)15-16-6-2-1-3-7-16/h1-9,12-14H,10-11,15H2,(H,23,25). The predicted molar refractivity (Wildman–Crippen MR) is 106 cm³/mol. The van der Waals surface area contributed by atoms with E-state index in [1.54, 1.807) is 0 Å². The van der Waals surface area contributed by atoms with Gasteiger partial charge in [-0.05, 0) is 23.1 Å². The molecule has 0 bridgehead atoms. The van der Waals surface area contributed by atoms with Crippen LogP contribution in [0.3, 0.4) is 0 Å². The third kappa shape index (κ3) is 3.68. The number of benzene rings is 2. The van der Waals surface area contributed by atoms with Crippen molar-refractivity contribution in [3.8, 4) is 0 Å². The number of nitrogens with one attached hydrogen (secondary N) is 1. The van der Waals surface area contributed by atoms with Crippen LogP contribution >= 0.6 is 11.3 Å². The molecule has 0 aliphatic heterocycles. The number of thiophene rings is 1. The zero-order valence-electron chi connectivity index (χ0n) is 14.3. The molecule has 130 valence electrons. The molecule has 0 fully saturated rings. The van der Waals surface area contributed by atoms with Crippen LogP contribution in [0, 0.1) is 0 Å². The van der Waals surface area contributed by atoms with Gasteiger partial charge in [-0.1, -0.05) is 48.5 Å². The molecule has 5 heteroatoms. The number of carbonyl (C=O) groups is 1. The first-order chi connectivity index (χ1) is 12.8. The fraction of sp³-hybridized carbons (Fsp3) is 0.143. The smallest absolute Gasteiger partial charge is 0.261 e. The van der Waals surface area contributed by atoms with Gasteiger partial charge in [-0.2, -0.15) is 0 Å². The number of imidazole rings is 1. The molecule has 0 radical (unpaired) electrons. The average molecular weight is 361 g/mol. The highest BCUT2D eigenvalue weighted by Gasteiger charge is 2.10. The molecule has 1 N–H and O–H groups in total. The number of aromatic nitrogens is 2. The Morgan fingerprint density at radius 1 is 1.08 bits per heavy atom. The van der Waals surface area contributed by atoms with Crippen LogP contribution in [0.4, 0.5) is 0 Å². The van der Waals surface area contributed by atoms with Crippen LogP contribution in [0.2, 0.25) is 0 Å². The number of amides is 1. The third-order valence-corrected chi connectivity index (χ3v) is 5.40. The second-order valence-electron chi connectivity index (χ2n) is 6.11. The first-order valence-electron chi connectivity index (χ1n) is 8.60. The van der Waals surface area contributed by atoms with Crippen LogP contribution < -0.4 is 5.32 Å². The monoisotopic (exact) mass is 361 g/mol. The Morgan fingerprint density at radius 3 is 2.73 bits per heavy atom. The van der Waals surface area contributed by atoms with Crippen LogP contribution in [-0.4, -0.2) is 22.0 Å². The Kier molecular flexibility index (Phi) is 4.80. The van der Waals surface area contributed by atoms with Gasteiger partial charge in [0.15, 0.2) is 0 Å². The largest absolute Gasteiger partial charge is 0.351 e. The lowest BCUT2D eigenvalue weighted by Crippen LogP contribution is -2.25. The minimum Gasteiger partial charge on any atom is -0.351 e. The molecule has 2 aromatic heterocycles. The molecule has 0 unspecified atom stereocenters. The molecule has 1 amide bonds. The summed E-state index contributed by atoms with van der Waals surface area (Å²) in [5.74, 6) is 0.956. The van der Waals surface area contributed by atoms with Crippen LogP contribution in [-0.2, 0) is 13.0 Å². The molecule has 2 heterocycles. The number of hydrogen-bond acceptors (Lipinski definition) is 3. The number of rotatable bonds is 6. The highest BCUT2D eigenvalue weighted by atomic mass is 32.1. The van der Waals surface area contributed by atoms with Crippen molar-refractivity contribution in [3.63, 3.8) is 0 Å². The van der Waals surface area contributed by atoms with E-state index in [4.69, 9.17) is 0 Å². The van der Waals surface area contributed by atoms with Crippen molar-refractivity contribution in [2.45, 2.75) is 13.0 Å². The summed E-state index contributed by atoms with van der Waals surface area (Å²) in [4.78, 5) is 17.6. The Labute approximate surface area is 156 Å². The van der Waals surface area contributed by atoms with Gasteiger partial charge in [0.05, 0.1) is 4.88 Å². The van der Waals surface area contributed by atoms with Crippen LogP contribution in [0.1, 0.15) is 21.1 Å². The van der Waals surface area contributed by atoms with Gasteiger partial charge in [-0.25, -0.2) is 4.98 Å². The van der Waals surface area contributed by atoms with E-state index in [1.165, 1.54) is 16.9 Å². The van der Waals surface area contributed by atoms with Crippen molar-refractivity contribution in [2.75, 3.05) is 6.54 Å². The van der Waals surface area contributed by atoms with Gasteiger partial charge in [0.1, 0.15) is 5.82 Å². The van der Waals surface area contributed by atoms with Gasteiger partial charge in [0.25, 0.3) is 5.91 Å². The lowest BCUT2D eigenvalue weighted by Gasteiger charge is -2.08. The van der Waals surface area contributed by atoms with E-state index in [0.717, 1.165) is 27.3 Å². The molecule has 0 aliphatic rings. The Bertz CT molecular complexity index is 987. The maximum absolute atomic E-state index is 12.4. The van der Waals surface area contributed by atoms with Gasteiger partial charge in [0.2, 0.25) is 0 Å². The van der Waals surface area contributed by atoms with E-state index >= 15 is 0 Å². The molecule has 2 aromatic carbocycles. The maximum atomic E-state index is 12.4. The fourth-order valence-corrected chi connectivity index (χ4v) is 3.94. The Hall–Kier alpha value is -2.92. The molecular weight excluding hydrogens is 342 g/mol. The number of hydrogen-bond donors (Lipinski definition) is 1. The molecule has 26 heavy (non-hydrogen) atoms. The maximum Gasteiger partial charge on any atom is 0.261 e. The second-order valence-corrected chi connectivity index (χ2v) is 7.20. The van der Waals surface area contributed by atoms with Gasteiger partial charge >= 0.3 is 0 Å². The average Bonchev–Trinajstić information content (AvgIpc) is 3.29. The highest BCUT2D eigenvalue weighted by molar-refractivity contribution is 7.20.